The molecule has 1 aliphatic rings. The second-order valence-electron chi connectivity index (χ2n) is 5.65. The molecule has 0 aromatic carbocycles. The summed E-state index contributed by atoms with van der Waals surface area (Å²) in [5.41, 5.74) is -0.824. The Morgan fingerprint density at radius 3 is 2.79 bits per heavy atom. The van der Waals surface area contributed by atoms with Crippen molar-refractivity contribution in [2.45, 2.75) is 25.2 Å². The van der Waals surface area contributed by atoms with Crippen LogP contribution in [0, 0.1) is 0 Å². The SMILES string of the molecule is OCc1cc(C(F)(F)F)cc(NC2CCN(c3ccccn3)C2)n1. The van der Waals surface area contributed by atoms with E-state index in [4.69, 9.17) is 5.11 Å². The van der Waals surface area contributed by atoms with Gasteiger partial charge >= 0.3 is 6.18 Å². The van der Waals surface area contributed by atoms with Gasteiger partial charge in [-0.25, -0.2) is 9.97 Å². The van der Waals surface area contributed by atoms with Gasteiger partial charge in [0.25, 0.3) is 0 Å². The first-order valence-corrected chi connectivity index (χ1v) is 7.57. The largest absolute Gasteiger partial charge is 0.416 e. The average Bonchev–Trinajstić information content (AvgIpc) is 3.03. The van der Waals surface area contributed by atoms with Crippen molar-refractivity contribution in [3.05, 3.63) is 47.8 Å². The number of nitrogens with one attached hydrogen (secondary N) is 1. The van der Waals surface area contributed by atoms with Gasteiger partial charge in [0.05, 0.1) is 17.9 Å². The number of rotatable bonds is 4. The van der Waals surface area contributed by atoms with Gasteiger partial charge in [0, 0.05) is 25.3 Å². The summed E-state index contributed by atoms with van der Waals surface area (Å²) in [6.45, 7) is 0.854. The molecule has 128 valence electrons. The topological polar surface area (TPSA) is 61.3 Å². The summed E-state index contributed by atoms with van der Waals surface area (Å²) in [5.74, 6) is 0.969. The molecule has 1 unspecified atom stereocenters. The number of aromatic nitrogens is 2. The van der Waals surface area contributed by atoms with Crippen molar-refractivity contribution in [1.82, 2.24) is 9.97 Å². The highest BCUT2D eigenvalue weighted by atomic mass is 19.4. The zero-order chi connectivity index (χ0) is 17.2. The van der Waals surface area contributed by atoms with E-state index in [-0.39, 0.29) is 17.6 Å². The van der Waals surface area contributed by atoms with Gasteiger partial charge in [-0.2, -0.15) is 13.2 Å². The van der Waals surface area contributed by atoms with Gasteiger partial charge in [-0.05, 0) is 30.7 Å². The number of alkyl halides is 3. The van der Waals surface area contributed by atoms with Gasteiger partial charge in [0.15, 0.2) is 0 Å². The molecular weight excluding hydrogens is 321 g/mol. The van der Waals surface area contributed by atoms with Crippen molar-refractivity contribution in [3.8, 4) is 0 Å². The van der Waals surface area contributed by atoms with Crippen LogP contribution in [0.5, 0.6) is 0 Å². The minimum absolute atomic E-state index is 0.00750. The number of pyridine rings is 2. The van der Waals surface area contributed by atoms with E-state index >= 15 is 0 Å². The van der Waals surface area contributed by atoms with E-state index in [0.29, 0.717) is 6.54 Å². The summed E-state index contributed by atoms with van der Waals surface area (Å²) in [7, 11) is 0. The Morgan fingerprint density at radius 1 is 1.29 bits per heavy atom. The van der Waals surface area contributed by atoms with Gasteiger partial charge in [-0.1, -0.05) is 6.07 Å². The summed E-state index contributed by atoms with van der Waals surface area (Å²) < 4.78 is 38.8. The van der Waals surface area contributed by atoms with Crippen LogP contribution in [0.25, 0.3) is 0 Å². The molecule has 1 saturated heterocycles. The first-order valence-electron chi connectivity index (χ1n) is 7.57. The molecule has 1 atom stereocenters. The normalized spacial score (nSPS) is 18.0. The van der Waals surface area contributed by atoms with Gasteiger partial charge in [-0.15, -0.1) is 0 Å². The Balaban J connectivity index is 1.72. The third-order valence-corrected chi connectivity index (χ3v) is 3.88. The zero-order valence-corrected chi connectivity index (χ0v) is 12.8. The molecule has 3 rings (SSSR count). The fourth-order valence-corrected chi connectivity index (χ4v) is 2.74. The molecule has 2 aromatic rings. The number of hydrogen-bond acceptors (Lipinski definition) is 5. The van der Waals surface area contributed by atoms with E-state index in [2.05, 4.69) is 20.2 Å². The number of anilines is 2. The van der Waals surface area contributed by atoms with E-state index in [0.717, 1.165) is 30.9 Å². The minimum atomic E-state index is -4.47. The summed E-state index contributed by atoms with van der Waals surface area (Å²) in [6.07, 6.45) is -2.00. The van der Waals surface area contributed by atoms with Crippen molar-refractivity contribution >= 4 is 11.6 Å². The lowest BCUT2D eigenvalue weighted by atomic mass is 10.2. The molecule has 2 N–H and O–H groups in total. The van der Waals surface area contributed by atoms with Crippen LogP contribution in [0.2, 0.25) is 0 Å². The molecular formula is C16H17F3N4O. The van der Waals surface area contributed by atoms with Gasteiger partial charge in [0.2, 0.25) is 0 Å². The van der Waals surface area contributed by atoms with E-state index < -0.39 is 18.3 Å². The summed E-state index contributed by atoms with van der Waals surface area (Å²) >= 11 is 0. The average molecular weight is 338 g/mol. The van der Waals surface area contributed by atoms with E-state index in [1.54, 1.807) is 6.20 Å². The van der Waals surface area contributed by atoms with Gasteiger partial charge < -0.3 is 15.3 Å². The van der Waals surface area contributed by atoms with Crippen LogP contribution in [0.15, 0.2) is 36.5 Å². The van der Waals surface area contributed by atoms with Gasteiger partial charge in [0.1, 0.15) is 11.6 Å². The van der Waals surface area contributed by atoms with Crippen LogP contribution >= 0.6 is 0 Å². The lowest BCUT2D eigenvalue weighted by Gasteiger charge is -2.19. The molecule has 1 fully saturated rings. The second-order valence-corrected chi connectivity index (χ2v) is 5.65. The number of hydrogen-bond donors (Lipinski definition) is 2. The summed E-state index contributed by atoms with van der Waals surface area (Å²) in [6, 6.07) is 7.43. The summed E-state index contributed by atoms with van der Waals surface area (Å²) in [4.78, 5) is 10.4. The fourth-order valence-electron chi connectivity index (χ4n) is 2.74. The molecule has 5 nitrogen and oxygen atoms in total. The Hall–Kier alpha value is -2.35. The fraction of sp³-hybridized carbons (Fsp3) is 0.375. The second kappa shape index (κ2) is 6.64. The highest BCUT2D eigenvalue weighted by Crippen LogP contribution is 2.31. The third kappa shape index (κ3) is 3.76. The number of halogens is 3. The molecule has 0 aliphatic carbocycles. The van der Waals surface area contributed by atoms with Crippen molar-refractivity contribution in [3.63, 3.8) is 0 Å². The Morgan fingerprint density at radius 2 is 2.12 bits per heavy atom. The predicted molar refractivity (Wildman–Crippen MR) is 83.6 cm³/mol. The van der Waals surface area contributed by atoms with E-state index in [9.17, 15) is 13.2 Å². The van der Waals surface area contributed by atoms with Crippen molar-refractivity contribution in [2.75, 3.05) is 23.3 Å². The standard InChI is InChI=1S/C16H17F3N4O/c17-16(18,19)11-7-13(10-24)22-14(8-11)21-12-4-6-23(9-12)15-3-1-2-5-20-15/h1-3,5,7-8,12,24H,4,6,9-10H2,(H,21,22). The molecule has 8 heteroatoms. The molecule has 0 spiro atoms. The zero-order valence-electron chi connectivity index (χ0n) is 12.8. The number of nitrogens with zero attached hydrogens (tertiary/aromatic N) is 3. The van der Waals surface area contributed by atoms with Crippen LogP contribution in [0.3, 0.4) is 0 Å². The lowest BCUT2D eigenvalue weighted by molar-refractivity contribution is -0.137. The molecule has 0 radical (unpaired) electrons. The van der Waals surface area contributed by atoms with E-state index in [1.807, 2.05) is 18.2 Å². The quantitative estimate of drug-likeness (QED) is 0.898. The molecule has 0 saturated carbocycles. The number of aliphatic hydroxyl groups is 1. The van der Waals surface area contributed by atoms with Crippen LogP contribution in [-0.4, -0.2) is 34.2 Å². The van der Waals surface area contributed by atoms with Crippen molar-refractivity contribution in [2.24, 2.45) is 0 Å². The smallest absolute Gasteiger partial charge is 0.390 e. The Bertz CT molecular complexity index is 693. The van der Waals surface area contributed by atoms with Crippen molar-refractivity contribution in [1.29, 1.82) is 0 Å². The maximum absolute atomic E-state index is 12.9. The molecule has 2 aromatic heterocycles. The first-order chi connectivity index (χ1) is 11.5. The summed E-state index contributed by atoms with van der Waals surface area (Å²) in [5, 5.41) is 12.2. The highest BCUT2D eigenvalue weighted by Gasteiger charge is 2.32. The molecule has 0 amide bonds. The first kappa shape index (κ1) is 16.5. The van der Waals surface area contributed by atoms with Crippen LogP contribution in [0.1, 0.15) is 17.7 Å². The monoisotopic (exact) mass is 338 g/mol. The van der Waals surface area contributed by atoms with Crippen LogP contribution in [-0.2, 0) is 12.8 Å². The number of aliphatic hydroxyl groups excluding tert-OH is 1. The molecule has 3 heterocycles. The molecule has 1 aliphatic heterocycles. The maximum Gasteiger partial charge on any atom is 0.416 e. The van der Waals surface area contributed by atoms with Crippen LogP contribution < -0.4 is 10.2 Å². The minimum Gasteiger partial charge on any atom is -0.390 e. The highest BCUT2D eigenvalue weighted by molar-refractivity contribution is 5.45. The third-order valence-electron chi connectivity index (χ3n) is 3.88. The maximum atomic E-state index is 12.9. The molecule has 0 bridgehead atoms. The predicted octanol–water partition coefficient (Wildman–Crippen LogP) is 2.68. The molecule has 24 heavy (non-hydrogen) atoms. The van der Waals surface area contributed by atoms with Crippen molar-refractivity contribution < 1.29 is 18.3 Å². The lowest BCUT2D eigenvalue weighted by Crippen LogP contribution is -2.27. The van der Waals surface area contributed by atoms with Crippen LogP contribution in [0.4, 0.5) is 24.8 Å². The van der Waals surface area contributed by atoms with E-state index in [1.165, 1.54) is 0 Å². The van der Waals surface area contributed by atoms with Gasteiger partial charge in [-0.3, -0.25) is 0 Å². The Labute approximate surface area is 137 Å². The Kier molecular flexibility index (Phi) is 4.57.